The second kappa shape index (κ2) is 5.17. The maximum absolute atomic E-state index is 12.0. The fraction of sp³-hybridized carbons (Fsp3) is 0.462. The molecule has 0 bridgehead atoms. The Morgan fingerprint density at radius 1 is 1.47 bits per heavy atom. The van der Waals surface area contributed by atoms with Gasteiger partial charge in [-0.2, -0.15) is 0 Å². The summed E-state index contributed by atoms with van der Waals surface area (Å²) in [5.74, 6) is -0.968. The van der Waals surface area contributed by atoms with Gasteiger partial charge < -0.3 is 10.0 Å². The molecule has 17 heavy (non-hydrogen) atoms. The smallest absolute Gasteiger partial charge is 0.326 e. The number of carboxylic acid groups (broad SMARTS) is 1. The molecular formula is C13H16NO3. The van der Waals surface area contributed by atoms with E-state index < -0.39 is 12.0 Å². The minimum absolute atomic E-state index is 0.0762. The molecule has 0 saturated carbocycles. The second-order valence-corrected chi connectivity index (χ2v) is 4.37. The van der Waals surface area contributed by atoms with Gasteiger partial charge in [-0.3, -0.25) is 4.79 Å². The molecule has 1 N–H and O–H groups in total. The lowest BCUT2D eigenvalue weighted by Crippen LogP contribution is -2.40. The van der Waals surface area contributed by atoms with Gasteiger partial charge in [0.2, 0.25) is 5.91 Å². The SMILES string of the molecule is O=C(O)C1CCCN1C(=O)CC1=CC[CH]C=C1. The Morgan fingerprint density at radius 3 is 2.94 bits per heavy atom. The molecule has 0 aromatic rings. The zero-order chi connectivity index (χ0) is 12.3. The van der Waals surface area contributed by atoms with E-state index in [1.165, 1.54) is 4.90 Å². The van der Waals surface area contributed by atoms with Crippen LogP contribution in [0, 0.1) is 6.42 Å². The Bertz CT molecular complexity index is 384. The first-order chi connectivity index (χ1) is 8.18. The number of allylic oxidation sites excluding steroid dienone is 3. The molecule has 4 heteroatoms. The van der Waals surface area contributed by atoms with Crippen LogP contribution >= 0.6 is 0 Å². The third-order valence-corrected chi connectivity index (χ3v) is 3.18. The van der Waals surface area contributed by atoms with Gasteiger partial charge >= 0.3 is 5.97 Å². The van der Waals surface area contributed by atoms with Crippen LogP contribution < -0.4 is 0 Å². The van der Waals surface area contributed by atoms with Gasteiger partial charge in [-0.15, -0.1) is 0 Å². The summed E-state index contributed by atoms with van der Waals surface area (Å²) >= 11 is 0. The van der Waals surface area contributed by atoms with Gasteiger partial charge in [0.15, 0.2) is 0 Å². The highest BCUT2D eigenvalue weighted by Gasteiger charge is 2.33. The molecule has 1 fully saturated rings. The molecule has 0 spiro atoms. The molecule has 1 atom stereocenters. The van der Waals surface area contributed by atoms with Gasteiger partial charge in [-0.1, -0.05) is 18.2 Å². The predicted molar refractivity (Wildman–Crippen MR) is 63.1 cm³/mol. The molecule has 91 valence electrons. The van der Waals surface area contributed by atoms with Gasteiger partial charge in [-0.25, -0.2) is 4.79 Å². The molecule has 0 aromatic heterocycles. The Hall–Kier alpha value is -1.58. The molecule has 1 unspecified atom stereocenters. The lowest BCUT2D eigenvalue weighted by Gasteiger charge is -2.22. The number of aliphatic carboxylic acids is 1. The standard InChI is InChI=1S/C13H16NO3/c15-12(9-10-5-2-1-3-6-10)14-8-4-7-11(14)13(16)17/h1-2,5-6,11H,3-4,7-9H2,(H,16,17). The molecule has 1 aliphatic heterocycles. The normalized spacial score (nSPS) is 23.6. The summed E-state index contributed by atoms with van der Waals surface area (Å²) in [5.41, 5.74) is 0.980. The maximum Gasteiger partial charge on any atom is 0.326 e. The van der Waals surface area contributed by atoms with Crippen molar-refractivity contribution in [3.63, 3.8) is 0 Å². The summed E-state index contributed by atoms with van der Waals surface area (Å²) in [4.78, 5) is 24.5. The molecule has 1 aliphatic carbocycles. The number of rotatable bonds is 3. The van der Waals surface area contributed by atoms with Crippen molar-refractivity contribution in [3.05, 3.63) is 30.2 Å². The van der Waals surface area contributed by atoms with Gasteiger partial charge in [-0.05, 0) is 31.3 Å². The summed E-state index contributed by atoms with van der Waals surface area (Å²) < 4.78 is 0. The fourth-order valence-electron chi connectivity index (χ4n) is 2.29. The Morgan fingerprint density at radius 2 is 2.29 bits per heavy atom. The summed E-state index contributed by atoms with van der Waals surface area (Å²) in [6.45, 7) is 0.568. The average molecular weight is 234 g/mol. The van der Waals surface area contributed by atoms with E-state index in [2.05, 4.69) is 0 Å². The molecule has 2 rings (SSSR count). The average Bonchev–Trinajstić information content (AvgIpc) is 2.79. The van der Waals surface area contributed by atoms with Crippen LogP contribution in [0.25, 0.3) is 0 Å². The lowest BCUT2D eigenvalue weighted by atomic mass is 10.0. The third-order valence-electron chi connectivity index (χ3n) is 3.18. The van der Waals surface area contributed by atoms with Crippen molar-refractivity contribution in [2.75, 3.05) is 6.54 Å². The fourth-order valence-corrected chi connectivity index (χ4v) is 2.29. The number of amides is 1. The van der Waals surface area contributed by atoms with E-state index in [1.807, 2.05) is 24.6 Å². The number of carboxylic acids is 1. The van der Waals surface area contributed by atoms with E-state index >= 15 is 0 Å². The maximum atomic E-state index is 12.0. The molecule has 1 heterocycles. The number of hydrogen-bond donors (Lipinski definition) is 1. The van der Waals surface area contributed by atoms with Crippen LogP contribution in [0.4, 0.5) is 0 Å². The van der Waals surface area contributed by atoms with E-state index in [1.54, 1.807) is 0 Å². The highest BCUT2D eigenvalue weighted by atomic mass is 16.4. The molecule has 2 aliphatic rings. The summed E-state index contributed by atoms with van der Waals surface area (Å²) in [7, 11) is 0. The number of nitrogens with zero attached hydrogens (tertiary/aromatic N) is 1. The first kappa shape index (κ1) is 11.9. The first-order valence-electron chi connectivity index (χ1n) is 5.89. The first-order valence-corrected chi connectivity index (χ1v) is 5.89. The van der Waals surface area contributed by atoms with Gasteiger partial charge in [0.25, 0.3) is 0 Å². The second-order valence-electron chi connectivity index (χ2n) is 4.37. The van der Waals surface area contributed by atoms with Crippen molar-refractivity contribution in [1.82, 2.24) is 4.90 Å². The summed E-state index contributed by atoms with van der Waals surface area (Å²) in [6.07, 6.45) is 10.4. The van der Waals surface area contributed by atoms with Crippen LogP contribution in [0.1, 0.15) is 25.7 Å². The Balaban J connectivity index is 1.97. The number of carbonyl (C=O) groups is 2. The number of carbonyl (C=O) groups excluding carboxylic acids is 1. The van der Waals surface area contributed by atoms with E-state index in [9.17, 15) is 9.59 Å². The van der Waals surface area contributed by atoms with Crippen LogP contribution in [-0.4, -0.2) is 34.5 Å². The van der Waals surface area contributed by atoms with E-state index in [0.717, 1.165) is 18.4 Å². The quantitative estimate of drug-likeness (QED) is 0.805. The minimum atomic E-state index is -0.891. The van der Waals surface area contributed by atoms with Crippen LogP contribution in [0.5, 0.6) is 0 Å². The van der Waals surface area contributed by atoms with E-state index in [0.29, 0.717) is 19.4 Å². The highest BCUT2D eigenvalue weighted by Crippen LogP contribution is 2.21. The number of hydrogen-bond acceptors (Lipinski definition) is 2. The minimum Gasteiger partial charge on any atom is -0.480 e. The predicted octanol–water partition coefficient (Wildman–Crippen LogP) is 1.54. The molecule has 1 amide bonds. The van der Waals surface area contributed by atoms with Crippen molar-refractivity contribution in [3.8, 4) is 0 Å². The molecule has 4 nitrogen and oxygen atoms in total. The van der Waals surface area contributed by atoms with Gasteiger partial charge in [0.1, 0.15) is 6.04 Å². The molecular weight excluding hydrogens is 218 g/mol. The highest BCUT2D eigenvalue weighted by molar-refractivity contribution is 5.86. The van der Waals surface area contributed by atoms with Crippen LogP contribution in [0.3, 0.4) is 0 Å². The molecule has 1 saturated heterocycles. The van der Waals surface area contributed by atoms with E-state index in [-0.39, 0.29) is 5.91 Å². The monoisotopic (exact) mass is 234 g/mol. The van der Waals surface area contributed by atoms with E-state index in [4.69, 9.17) is 5.11 Å². The largest absolute Gasteiger partial charge is 0.480 e. The zero-order valence-corrected chi connectivity index (χ0v) is 9.63. The lowest BCUT2D eigenvalue weighted by molar-refractivity contribution is -0.147. The third kappa shape index (κ3) is 2.75. The Kier molecular flexibility index (Phi) is 3.61. The van der Waals surface area contributed by atoms with Crippen LogP contribution in [-0.2, 0) is 9.59 Å². The zero-order valence-electron chi connectivity index (χ0n) is 9.63. The van der Waals surface area contributed by atoms with Crippen LogP contribution in [0.15, 0.2) is 23.8 Å². The van der Waals surface area contributed by atoms with Crippen molar-refractivity contribution in [2.24, 2.45) is 0 Å². The van der Waals surface area contributed by atoms with Crippen LogP contribution in [0.2, 0.25) is 0 Å². The molecule has 0 aromatic carbocycles. The van der Waals surface area contributed by atoms with Gasteiger partial charge in [0.05, 0.1) is 6.42 Å². The molecule has 1 radical (unpaired) electrons. The Labute approximate surface area is 101 Å². The van der Waals surface area contributed by atoms with Crippen molar-refractivity contribution in [1.29, 1.82) is 0 Å². The summed E-state index contributed by atoms with van der Waals surface area (Å²) in [5, 5.41) is 9.01. The van der Waals surface area contributed by atoms with Gasteiger partial charge in [0, 0.05) is 6.54 Å². The topological polar surface area (TPSA) is 57.6 Å². The summed E-state index contributed by atoms with van der Waals surface area (Å²) in [6, 6.07) is -0.623. The van der Waals surface area contributed by atoms with Crippen molar-refractivity contribution >= 4 is 11.9 Å². The number of likely N-dealkylation sites (tertiary alicyclic amines) is 1. The van der Waals surface area contributed by atoms with Crippen molar-refractivity contribution in [2.45, 2.75) is 31.7 Å². The van der Waals surface area contributed by atoms with Crippen molar-refractivity contribution < 1.29 is 14.7 Å².